The van der Waals surface area contributed by atoms with Gasteiger partial charge >= 0.3 is 0 Å². The molecule has 0 fully saturated rings. The zero-order valence-electron chi connectivity index (χ0n) is 31.2. The Morgan fingerprint density at radius 1 is 0.333 bits per heavy atom. The van der Waals surface area contributed by atoms with Crippen molar-refractivity contribution in [3.8, 4) is 0 Å². The van der Waals surface area contributed by atoms with E-state index in [0.29, 0.717) is 0 Å². The highest BCUT2D eigenvalue weighted by atomic mass is 32.2. The fourth-order valence-corrected chi connectivity index (χ4v) is 13.7. The largest absolute Gasteiger partial charge is 0.307 e. The number of anilines is 9. The van der Waals surface area contributed by atoms with E-state index < -0.39 is 41.3 Å². The molecule has 4 heterocycles. The molecular weight excluding hydrogens is 821 g/mol. The quantitative estimate of drug-likeness (QED) is 0.157. The minimum Gasteiger partial charge on any atom is -0.307 e. The Bertz CT molecular complexity index is 3320. The van der Waals surface area contributed by atoms with Gasteiger partial charge in [-0.25, -0.2) is 25.3 Å². The van der Waals surface area contributed by atoms with Crippen LogP contribution >= 0.6 is 0 Å². The molecule has 0 N–H and O–H groups in total. The molecule has 0 spiro atoms. The molecule has 2 amide bonds. The molecule has 0 saturated heterocycles. The number of hydrogen-bond acceptors (Lipinski definition) is 11. The zero-order valence-corrected chi connectivity index (χ0v) is 33.7. The Morgan fingerprint density at radius 2 is 0.600 bits per heavy atom. The number of para-hydroxylation sites is 6. The molecule has 4 aliphatic heterocycles. The SMILES string of the molecule is CN1C(=O)c2c(N3c4ccccc4S(=O)(=O)c4ccccc43)cc(N3c4ccccc4S(=O)(=O)c4ccccc43)c(N3c4ccccc4S(=O)(=O)c4ccccc43)c2C1=O. The number of benzene rings is 7. The van der Waals surface area contributed by atoms with Crippen LogP contribution in [0.5, 0.6) is 0 Å². The van der Waals surface area contributed by atoms with Gasteiger partial charge in [0.2, 0.25) is 29.5 Å². The molecule has 0 saturated carbocycles. The highest BCUT2D eigenvalue weighted by Gasteiger charge is 2.48. The number of carbonyl (C=O) groups is 2. The van der Waals surface area contributed by atoms with Crippen molar-refractivity contribution in [1.82, 2.24) is 4.90 Å². The number of rotatable bonds is 3. The van der Waals surface area contributed by atoms with Gasteiger partial charge in [-0.05, 0) is 78.9 Å². The Labute approximate surface area is 344 Å². The molecule has 7 aromatic carbocycles. The molecule has 7 aromatic rings. The van der Waals surface area contributed by atoms with Crippen LogP contribution in [0.15, 0.2) is 181 Å². The third-order valence-electron chi connectivity index (χ3n) is 11.4. The van der Waals surface area contributed by atoms with Gasteiger partial charge in [-0.15, -0.1) is 0 Å². The summed E-state index contributed by atoms with van der Waals surface area (Å²) >= 11 is 0. The van der Waals surface area contributed by atoms with Crippen molar-refractivity contribution >= 4 is 92.5 Å². The first-order valence-corrected chi connectivity index (χ1v) is 23.0. The Balaban J connectivity index is 1.36. The van der Waals surface area contributed by atoms with Gasteiger partial charge in [-0.3, -0.25) is 14.5 Å². The summed E-state index contributed by atoms with van der Waals surface area (Å²) in [6.07, 6.45) is 0. The van der Waals surface area contributed by atoms with E-state index >= 15 is 4.79 Å². The summed E-state index contributed by atoms with van der Waals surface area (Å²) in [5.41, 5.74) is 1.51. The molecule has 60 heavy (non-hydrogen) atoms. The Hall–Kier alpha value is -7.07. The predicted octanol–water partition coefficient (Wildman–Crippen LogP) is 8.76. The van der Waals surface area contributed by atoms with E-state index in [1.54, 1.807) is 130 Å². The minimum absolute atomic E-state index is 0.0296. The smallest absolute Gasteiger partial charge is 0.263 e. The second-order valence-electron chi connectivity index (χ2n) is 14.5. The van der Waals surface area contributed by atoms with E-state index in [-0.39, 0.29) is 91.7 Å². The van der Waals surface area contributed by atoms with Gasteiger partial charge < -0.3 is 14.7 Å². The summed E-state index contributed by atoms with van der Waals surface area (Å²) in [4.78, 5) is 35.5. The summed E-state index contributed by atoms with van der Waals surface area (Å²) in [5, 5.41) is 0. The average molecular weight is 849 g/mol. The maximum atomic E-state index is 15.0. The third kappa shape index (κ3) is 4.56. The van der Waals surface area contributed by atoms with Gasteiger partial charge in [0.25, 0.3) is 11.8 Å². The van der Waals surface area contributed by atoms with Crippen molar-refractivity contribution in [2.24, 2.45) is 0 Å². The Morgan fingerprint density at radius 3 is 0.933 bits per heavy atom. The van der Waals surface area contributed by atoms with Crippen molar-refractivity contribution in [1.29, 1.82) is 0 Å². The Kier molecular flexibility index (Phi) is 7.35. The number of amides is 2. The number of hydrogen-bond donors (Lipinski definition) is 0. The topological polar surface area (TPSA) is 150 Å². The van der Waals surface area contributed by atoms with Gasteiger partial charge in [0.05, 0.1) is 91.7 Å². The van der Waals surface area contributed by atoms with Crippen molar-refractivity contribution < 1.29 is 34.8 Å². The lowest BCUT2D eigenvalue weighted by atomic mass is 9.97. The van der Waals surface area contributed by atoms with Gasteiger partial charge in [0, 0.05) is 7.05 Å². The maximum absolute atomic E-state index is 15.0. The van der Waals surface area contributed by atoms with Crippen LogP contribution in [-0.2, 0) is 29.5 Å². The van der Waals surface area contributed by atoms with Crippen LogP contribution in [0, 0.1) is 0 Å². The average Bonchev–Trinajstić information content (AvgIpc) is 3.48. The summed E-state index contributed by atoms with van der Waals surface area (Å²) in [6.45, 7) is 0. The molecule has 15 heteroatoms. The van der Waals surface area contributed by atoms with Crippen LogP contribution in [-0.4, -0.2) is 49.0 Å². The molecule has 12 nitrogen and oxygen atoms in total. The lowest BCUT2D eigenvalue weighted by Gasteiger charge is -2.40. The number of carbonyl (C=O) groups excluding carboxylic acids is 2. The third-order valence-corrected chi connectivity index (χ3v) is 16.9. The monoisotopic (exact) mass is 848 g/mol. The van der Waals surface area contributed by atoms with E-state index in [0.717, 1.165) is 4.90 Å². The summed E-state index contributed by atoms with van der Waals surface area (Å²) < 4.78 is 85.7. The van der Waals surface area contributed by atoms with Gasteiger partial charge in [0.1, 0.15) is 0 Å². The summed E-state index contributed by atoms with van der Waals surface area (Å²) in [6, 6.07) is 40.0. The van der Waals surface area contributed by atoms with Crippen molar-refractivity contribution in [2.75, 3.05) is 21.7 Å². The van der Waals surface area contributed by atoms with Gasteiger partial charge in [-0.1, -0.05) is 72.8 Å². The molecule has 0 bridgehead atoms. The number of sulfone groups is 3. The molecule has 0 aromatic heterocycles. The molecule has 0 radical (unpaired) electrons. The highest BCUT2D eigenvalue weighted by molar-refractivity contribution is 7.92. The first kappa shape index (κ1) is 36.0. The zero-order chi connectivity index (χ0) is 41.5. The van der Waals surface area contributed by atoms with Crippen LogP contribution < -0.4 is 14.7 Å². The van der Waals surface area contributed by atoms with E-state index in [1.807, 2.05) is 0 Å². The van der Waals surface area contributed by atoms with Crippen molar-refractivity contribution in [3.63, 3.8) is 0 Å². The summed E-state index contributed by atoms with van der Waals surface area (Å²) in [7, 11) is -10.9. The first-order chi connectivity index (χ1) is 28.8. The molecular formula is C45H28N4O8S3. The number of nitrogens with zero attached hydrogens (tertiary/aromatic N) is 4. The normalized spacial score (nSPS) is 17.1. The minimum atomic E-state index is -4.11. The highest BCUT2D eigenvalue weighted by Crippen LogP contribution is 2.60. The van der Waals surface area contributed by atoms with Crippen LogP contribution in [0.1, 0.15) is 20.7 Å². The molecule has 0 unspecified atom stereocenters. The number of imide groups is 1. The second-order valence-corrected chi connectivity index (χ2v) is 20.2. The molecule has 0 atom stereocenters. The van der Waals surface area contributed by atoms with Crippen LogP contribution in [0.3, 0.4) is 0 Å². The molecule has 294 valence electrons. The van der Waals surface area contributed by atoms with E-state index in [4.69, 9.17) is 0 Å². The number of fused-ring (bicyclic) bond motifs is 7. The van der Waals surface area contributed by atoms with Crippen LogP contribution in [0.4, 0.5) is 51.2 Å². The van der Waals surface area contributed by atoms with Gasteiger partial charge in [-0.2, -0.15) is 0 Å². The van der Waals surface area contributed by atoms with Crippen molar-refractivity contribution in [2.45, 2.75) is 29.4 Å². The van der Waals surface area contributed by atoms with Gasteiger partial charge in [0.15, 0.2) is 0 Å². The lowest BCUT2D eigenvalue weighted by molar-refractivity contribution is 0.0693. The fourth-order valence-electron chi connectivity index (χ4n) is 8.79. The summed E-state index contributed by atoms with van der Waals surface area (Å²) in [5.74, 6) is -1.40. The lowest BCUT2D eigenvalue weighted by Crippen LogP contribution is -2.29. The van der Waals surface area contributed by atoms with Crippen LogP contribution in [0.25, 0.3) is 0 Å². The first-order valence-electron chi connectivity index (χ1n) is 18.6. The molecule has 4 aliphatic rings. The van der Waals surface area contributed by atoms with E-state index in [2.05, 4.69) is 0 Å². The van der Waals surface area contributed by atoms with Crippen molar-refractivity contribution in [3.05, 3.63) is 163 Å². The maximum Gasteiger partial charge on any atom is 0.263 e. The fraction of sp³-hybridized carbons (Fsp3) is 0.0222. The van der Waals surface area contributed by atoms with E-state index in [9.17, 15) is 30.0 Å². The molecule has 0 aliphatic carbocycles. The second kappa shape index (κ2) is 12.2. The molecule has 11 rings (SSSR count). The predicted molar refractivity (Wildman–Crippen MR) is 223 cm³/mol. The van der Waals surface area contributed by atoms with E-state index in [1.165, 1.54) is 43.4 Å². The van der Waals surface area contributed by atoms with Crippen LogP contribution in [0.2, 0.25) is 0 Å². The standard InChI is InChI=1S/C45H28N4O8S3/c1-46-44(50)41-33(47-27-14-2-8-20-35(27)58(52,53)36-21-9-3-15-28(36)47)26-34(48-29-16-4-10-22-37(29)59(54,55)38-23-11-5-17-30(38)48)43(42(41)45(46)51)49-31-18-6-12-24-39(31)60(56,57)40-25-13-7-19-32(40)49/h2-26H,1H3.